The van der Waals surface area contributed by atoms with E-state index in [0.29, 0.717) is 31.5 Å². The first-order valence-electron chi connectivity index (χ1n) is 9.93. The molecule has 0 atom stereocenters. The van der Waals surface area contributed by atoms with Crippen LogP contribution in [0.15, 0.2) is 48.5 Å². The number of amides is 1. The van der Waals surface area contributed by atoms with Crippen LogP contribution in [0.1, 0.15) is 34.3 Å². The average Bonchev–Trinajstić information content (AvgIpc) is 2.72. The summed E-state index contributed by atoms with van der Waals surface area (Å²) in [4.78, 5) is 31.2. The Bertz CT molecular complexity index is 1100. The molecule has 1 aliphatic rings. The maximum Gasteiger partial charge on any atom is 0.306 e. The van der Waals surface area contributed by atoms with Gasteiger partial charge >= 0.3 is 5.97 Å². The van der Waals surface area contributed by atoms with Gasteiger partial charge in [-0.2, -0.15) is 0 Å². The highest BCUT2D eigenvalue weighted by atomic mass is 16.4. The Morgan fingerprint density at radius 3 is 2.45 bits per heavy atom. The largest absolute Gasteiger partial charge is 0.481 e. The van der Waals surface area contributed by atoms with Crippen LogP contribution in [-0.4, -0.2) is 40.0 Å². The minimum atomic E-state index is -0.774. The number of nitrogens with zero attached hydrogens (tertiary/aromatic N) is 2. The van der Waals surface area contributed by atoms with Gasteiger partial charge in [-0.3, -0.25) is 9.59 Å². The van der Waals surface area contributed by atoms with E-state index < -0.39 is 5.97 Å². The molecular formula is C24H24N2O3. The Morgan fingerprint density at radius 1 is 1.03 bits per heavy atom. The molecule has 1 amide bonds. The van der Waals surface area contributed by atoms with E-state index in [1.807, 2.05) is 36.4 Å². The number of hydrogen-bond donors (Lipinski definition) is 1. The number of rotatable bonds is 3. The molecule has 29 heavy (non-hydrogen) atoms. The lowest BCUT2D eigenvalue weighted by Crippen LogP contribution is -2.40. The second-order valence-electron chi connectivity index (χ2n) is 7.80. The third-order valence-electron chi connectivity index (χ3n) is 5.74. The Labute approximate surface area is 170 Å². The highest BCUT2D eigenvalue weighted by Crippen LogP contribution is 2.29. The summed E-state index contributed by atoms with van der Waals surface area (Å²) in [6.45, 7) is 5.04. The monoisotopic (exact) mass is 388 g/mol. The Morgan fingerprint density at radius 2 is 1.76 bits per heavy atom. The smallest absolute Gasteiger partial charge is 0.306 e. The molecule has 1 saturated heterocycles. The number of fused-ring (bicyclic) bond motifs is 1. The van der Waals surface area contributed by atoms with Crippen molar-refractivity contribution in [3.8, 4) is 11.3 Å². The third-order valence-corrected chi connectivity index (χ3v) is 5.74. The molecule has 0 saturated carbocycles. The molecule has 4 rings (SSSR count). The predicted molar refractivity (Wildman–Crippen MR) is 113 cm³/mol. The second kappa shape index (κ2) is 7.66. The van der Waals surface area contributed by atoms with Gasteiger partial charge in [-0.15, -0.1) is 0 Å². The van der Waals surface area contributed by atoms with Gasteiger partial charge in [0.2, 0.25) is 0 Å². The fraction of sp³-hybridized carbons (Fsp3) is 0.292. The molecule has 1 aromatic heterocycles. The molecule has 3 aromatic rings. The summed E-state index contributed by atoms with van der Waals surface area (Å²) in [5, 5.41) is 10.0. The van der Waals surface area contributed by atoms with Crippen molar-refractivity contribution in [2.45, 2.75) is 26.7 Å². The summed E-state index contributed by atoms with van der Waals surface area (Å²) in [7, 11) is 0. The molecule has 0 aliphatic carbocycles. The lowest BCUT2D eigenvalue weighted by atomic mass is 9.95. The summed E-state index contributed by atoms with van der Waals surface area (Å²) >= 11 is 0. The molecule has 148 valence electrons. The van der Waals surface area contributed by atoms with Crippen molar-refractivity contribution in [3.63, 3.8) is 0 Å². The first-order valence-corrected chi connectivity index (χ1v) is 9.93. The van der Waals surface area contributed by atoms with Gasteiger partial charge in [0.25, 0.3) is 5.91 Å². The van der Waals surface area contributed by atoms with Gasteiger partial charge in [-0.1, -0.05) is 42.0 Å². The number of likely N-dealkylation sites (tertiary alicyclic amines) is 1. The summed E-state index contributed by atoms with van der Waals surface area (Å²) in [6.07, 6.45) is 0.988. The summed E-state index contributed by atoms with van der Waals surface area (Å²) in [5.74, 6) is -1.19. The van der Waals surface area contributed by atoms with E-state index in [0.717, 1.165) is 27.7 Å². The molecule has 5 nitrogen and oxygen atoms in total. The predicted octanol–water partition coefficient (Wildman–Crippen LogP) is 4.46. The average molecular weight is 388 g/mol. The molecule has 0 unspecified atom stereocenters. The molecule has 1 aliphatic heterocycles. The molecule has 2 heterocycles. The molecule has 0 spiro atoms. The van der Waals surface area contributed by atoms with Crippen LogP contribution in [-0.2, 0) is 4.79 Å². The second-order valence-corrected chi connectivity index (χ2v) is 7.80. The summed E-state index contributed by atoms with van der Waals surface area (Å²) in [5.41, 5.74) is 5.51. The van der Waals surface area contributed by atoms with Crippen LogP contribution in [0.25, 0.3) is 22.2 Å². The van der Waals surface area contributed by atoms with E-state index in [-0.39, 0.29) is 11.8 Å². The van der Waals surface area contributed by atoms with E-state index >= 15 is 0 Å². The topological polar surface area (TPSA) is 70.5 Å². The van der Waals surface area contributed by atoms with Gasteiger partial charge in [0.05, 0.1) is 22.7 Å². The maximum atomic E-state index is 13.4. The number of benzene rings is 2. The SMILES string of the molecule is Cc1ccc(-c2cc(C(=O)N3CCC(C(=O)O)CC3)c3ccccc3n2)c(C)c1. The molecule has 5 heteroatoms. The number of pyridine rings is 1. The number of aromatic nitrogens is 1. The van der Waals surface area contributed by atoms with Crippen molar-refractivity contribution in [2.75, 3.05) is 13.1 Å². The van der Waals surface area contributed by atoms with Crippen LogP contribution in [0.3, 0.4) is 0 Å². The summed E-state index contributed by atoms with van der Waals surface area (Å²) < 4.78 is 0. The number of hydrogen-bond acceptors (Lipinski definition) is 3. The van der Waals surface area contributed by atoms with Crippen molar-refractivity contribution >= 4 is 22.8 Å². The van der Waals surface area contributed by atoms with Gasteiger partial charge in [0, 0.05) is 24.0 Å². The fourth-order valence-electron chi connectivity index (χ4n) is 4.09. The molecule has 0 radical (unpaired) electrons. The zero-order valence-corrected chi connectivity index (χ0v) is 16.7. The molecule has 2 aromatic carbocycles. The van der Waals surface area contributed by atoms with E-state index in [4.69, 9.17) is 4.98 Å². The van der Waals surface area contributed by atoms with E-state index in [1.165, 1.54) is 5.56 Å². The van der Waals surface area contributed by atoms with Gasteiger partial charge in [0.1, 0.15) is 0 Å². The highest BCUT2D eigenvalue weighted by Gasteiger charge is 2.28. The summed E-state index contributed by atoms with van der Waals surface area (Å²) in [6, 6.07) is 15.8. The van der Waals surface area contributed by atoms with Crippen LogP contribution in [0.4, 0.5) is 0 Å². The van der Waals surface area contributed by atoms with Crippen molar-refractivity contribution in [2.24, 2.45) is 5.92 Å². The van der Waals surface area contributed by atoms with E-state index in [9.17, 15) is 14.7 Å². The number of para-hydroxylation sites is 1. The van der Waals surface area contributed by atoms with Crippen molar-refractivity contribution in [1.82, 2.24) is 9.88 Å². The van der Waals surface area contributed by atoms with Crippen LogP contribution < -0.4 is 0 Å². The van der Waals surface area contributed by atoms with Crippen molar-refractivity contribution in [1.29, 1.82) is 0 Å². The van der Waals surface area contributed by atoms with Gasteiger partial charge in [0.15, 0.2) is 0 Å². The number of aryl methyl sites for hydroxylation is 2. The first-order chi connectivity index (χ1) is 13.9. The first kappa shape index (κ1) is 19.1. The zero-order chi connectivity index (χ0) is 20.5. The van der Waals surface area contributed by atoms with Crippen LogP contribution in [0, 0.1) is 19.8 Å². The lowest BCUT2D eigenvalue weighted by molar-refractivity contribution is -0.143. The molecule has 1 N–H and O–H groups in total. The number of piperidine rings is 1. The minimum Gasteiger partial charge on any atom is -0.481 e. The number of carboxylic acid groups (broad SMARTS) is 1. The van der Waals surface area contributed by atoms with Gasteiger partial charge < -0.3 is 10.0 Å². The maximum absolute atomic E-state index is 13.4. The molecule has 1 fully saturated rings. The zero-order valence-electron chi connectivity index (χ0n) is 16.7. The number of carbonyl (C=O) groups is 2. The van der Waals surface area contributed by atoms with Crippen LogP contribution >= 0.6 is 0 Å². The van der Waals surface area contributed by atoms with Crippen molar-refractivity contribution < 1.29 is 14.7 Å². The Hall–Kier alpha value is -3.21. The van der Waals surface area contributed by atoms with Crippen LogP contribution in [0.2, 0.25) is 0 Å². The molecule has 0 bridgehead atoms. The normalized spacial score (nSPS) is 14.9. The van der Waals surface area contributed by atoms with Gasteiger partial charge in [-0.05, 0) is 44.4 Å². The number of carboxylic acids is 1. The highest BCUT2D eigenvalue weighted by molar-refractivity contribution is 6.07. The van der Waals surface area contributed by atoms with Gasteiger partial charge in [-0.25, -0.2) is 4.98 Å². The number of aliphatic carboxylic acids is 1. The third kappa shape index (κ3) is 3.73. The van der Waals surface area contributed by atoms with Crippen molar-refractivity contribution in [3.05, 3.63) is 65.2 Å². The minimum absolute atomic E-state index is 0.0570. The lowest BCUT2D eigenvalue weighted by Gasteiger charge is -2.30. The van der Waals surface area contributed by atoms with E-state index in [2.05, 4.69) is 26.0 Å². The fourth-order valence-corrected chi connectivity index (χ4v) is 4.09. The Balaban J connectivity index is 1.75. The number of carbonyl (C=O) groups excluding carboxylic acids is 1. The Kier molecular flexibility index (Phi) is 5.05. The van der Waals surface area contributed by atoms with Crippen LogP contribution in [0.5, 0.6) is 0 Å². The van der Waals surface area contributed by atoms with E-state index in [1.54, 1.807) is 4.90 Å². The quantitative estimate of drug-likeness (QED) is 0.719. The standard InChI is InChI=1S/C24H24N2O3/c1-15-7-8-18(16(2)13-15)22-14-20(19-5-3-4-6-21(19)25-22)23(27)26-11-9-17(10-12-26)24(28)29/h3-8,13-14,17H,9-12H2,1-2H3,(H,28,29). The molecular weight excluding hydrogens is 364 g/mol.